The molecule has 0 aromatic heterocycles. The van der Waals surface area contributed by atoms with E-state index in [0.29, 0.717) is 21.6 Å². The van der Waals surface area contributed by atoms with Crippen molar-refractivity contribution in [3.63, 3.8) is 0 Å². The third kappa shape index (κ3) is 6.66. The molecule has 2 aliphatic rings. The van der Waals surface area contributed by atoms with Gasteiger partial charge in [-0.25, -0.2) is 26.3 Å². The molecule has 0 bridgehead atoms. The summed E-state index contributed by atoms with van der Waals surface area (Å²) in [5.41, 5.74) is 0. The van der Waals surface area contributed by atoms with Crippen molar-refractivity contribution in [1.29, 1.82) is 0 Å². The smallest absolute Gasteiger partial charge is 0.208 e. The number of nitrogens with one attached hydrogen (secondary N) is 2. The van der Waals surface area contributed by atoms with Gasteiger partial charge in [0.15, 0.2) is 0 Å². The molecule has 0 heterocycles. The van der Waals surface area contributed by atoms with Crippen LogP contribution in [0.2, 0.25) is 0 Å². The highest BCUT2D eigenvalue weighted by atomic mass is 32.2. The van der Waals surface area contributed by atoms with Crippen LogP contribution in [0, 0.1) is 11.8 Å². The minimum Gasteiger partial charge on any atom is -0.208 e. The summed E-state index contributed by atoms with van der Waals surface area (Å²) in [6.45, 7) is 0. The molecule has 2 N–H and O–H groups in total. The molecule has 4 rings (SSSR count). The van der Waals surface area contributed by atoms with E-state index in [9.17, 15) is 16.8 Å². The Morgan fingerprint density at radius 3 is 1.21 bits per heavy atom. The summed E-state index contributed by atoms with van der Waals surface area (Å²) in [5, 5.41) is 0. The van der Waals surface area contributed by atoms with Crippen LogP contribution in [-0.4, -0.2) is 28.9 Å². The van der Waals surface area contributed by atoms with Gasteiger partial charge < -0.3 is 0 Å². The van der Waals surface area contributed by atoms with Gasteiger partial charge in [-0.1, -0.05) is 36.4 Å². The van der Waals surface area contributed by atoms with Gasteiger partial charge in [-0.05, 0) is 93.9 Å². The Bertz CT molecular complexity index is 1000. The summed E-state index contributed by atoms with van der Waals surface area (Å²) in [6.07, 6.45) is 8.85. The van der Waals surface area contributed by atoms with Crippen molar-refractivity contribution in [2.45, 2.75) is 79.7 Å². The van der Waals surface area contributed by atoms with Gasteiger partial charge in [0, 0.05) is 12.1 Å². The molecule has 8 heteroatoms. The van der Waals surface area contributed by atoms with Gasteiger partial charge in [0.2, 0.25) is 20.0 Å². The van der Waals surface area contributed by atoms with Gasteiger partial charge in [-0.15, -0.1) is 0 Å². The van der Waals surface area contributed by atoms with Crippen molar-refractivity contribution in [3.05, 3.63) is 60.7 Å². The fraction of sp³-hybridized carbons (Fsp3) is 0.520. The molecule has 2 aliphatic carbocycles. The predicted octanol–water partition coefficient (Wildman–Crippen LogP) is 4.45. The molecule has 2 aromatic rings. The van der Waals surface area contributed by atoms with E-state index in [2.05, 4.69) is 9.44 Å². The molecular formula is C25H34N2O4S2. The zero-order chi connectivity index (χ0) is 23.3. The average molecular weight is 491 g/mol. The first kappa shape index (κ1) is 24.4. The topological polar surface area (TPSA) is 92.3 Å². The maximum absolute atomic E-state index is 12.6. The maximum atomic E-state index is 12.6. The summed E-state index contributed by atoms with van der Waals surface area (Å²) in [6, 6.07) is 17.1. The lowest BCUT2D eigenvalue weighted by atomic mass is 9.76. The molecule has 0 radical (unpaired) electrons. The second-order valence-corrected chi connectivity index (χ2v) is 13.0. The molecule has 0 saturated heterocycles. The molecule has 0 unspecified atom stereocenters. The normalized spacial score (nSPS) is 26.7. The summed E-state index contributed by atoms with van der Waals surface area (Å²) >= 11 is 0. The van der Waals surface area contributed by atoms with E-state index < -0.39 is 20.0 Å². The van der Waals surface area contributed by atoms with Crippen molar-refractivity contribution >= 4 is 20.0 Å². The molecule has 6 nitrogen and oxygen atoms in total. The van der Waals surface area contributed by atoms with Crippen LogP contribution in [-0.2, 0) is 20.0 Å². The first-order chi connectivity index (χ1) is 15.8. The number of hydrogen-bond acceptors (Lipinski definition) is 4. The lowest BCUT2D eigenvalue weighted by molar-refractivity contribution is 0.218. The second kappa shape index (κ2) is 10.7. The van der Waals surface area contributed by atoms with Crippen LogP contribution in [0.1, 0.15) is 57.8 Å². The van der Waals surface area contributed by atoms with Crippen LogP contribution in [0.4, 0.5) is 0 Å². The summed E-state index contributed by atoms with van der Waals surface area (Å²) in [5.74, 6) is 1.26. The number of sulfonamides is 2. The van der Waals surface area contributed by atoms with Gasteiger partial charge in [-0.3, -0.25) is 0 Å². The molecule has 0 aliphatic heterocycles. The van der Waals surface area contributed by atoms with Crippen LogP contribution in [0.25, 0.3) is 0 Å². The Morgan fingerprint density at radius 1 is 0.545 bits per heavy atom. The third-order valence-electron chi connectivity index (χ3n) is 7.11. The Balaban J connectivity index is 1.19. The lowest BCUT2D eigenvalue weighted by Crippen LogP contribution is -2.39. The highest BCUT2D eigenvalue weighted by molar-refractivity contribution is 7.89. The van der Waals surface area contributed by atoms with Gasteiger partial charge in [0.1, 0.15) is 0 Å². The standard InChI is InChI=1S/C25H34N2O4S2/c28-32(29,24-7-3-1-4-8-24)26-22-15-11-20(12-16-22)19-21-13-17-23(18-14-21)27-33(30,31)25-9-5-2-6-10-25/h1-10,20-23,26-27H,11-19H2. The van der Waals surface area contributed by atoms with E-state index in [1.54, 1.807) is 48.5 Å². The summed E-state index contributed by atoms with van der Waals surface area (Å²) in [7, 11) is -6.90. The lowest BCUT2D eigenvalue weighted by Gasteiger charge is -2.34. The molecule has 0 spiro atoms. The van der Waals surface area contributed by atoms with Crippen molar-refractivity contribution in [2.24, 2.45) is 11.8 Å². The molecule has 0 atom stereocenters. The zero-order valence-electron chi connectivity index (χ0n) is 18.9. The van der Waals surface area contributed by atoms with Crippen LogP contribution in [0.5, 0.6) is 0 Å². The SMILES string of the molecule is O=S(=O)(NC1CCC(CC2CCC(NS(=O)(=O)c3ccccc3)CC2)CC1)c1ccccc1. The highest BCUT2D eigenvalue weighted by Gasteiger charge is 2.30. The van der Waals surface area contributed by atoms with Crippen molar-refractivity contribution in [1.82, 2.24) is 9.44 Å². The van der Waals surface area contributed by atoms with Gasteiger partial charge >= 0.3 is 0 Å². The van der Waals surface area contributed by atoms with Crippen LogP contribution in [0.15, 0.2) is 70.5 Å². The monoisotopic (exact) mass is 490 g/mol. The second-order valence-electron chi connectivity index (χ2n) is 9.54. The minimum atomic E-state index is -3.45. The number of benzene rings is 2. The quantitative estimate of drug-likeness (QED) is 0.572. The molecule has 33 heavy (non-hydrogen) atoms. The average Bonchev–Trinajstić information content (AvgIpc) is 2.82. The van der Waals surface area contributed by atoms with Crippen LogP contribution in [0.3, 0.4) is 0 Å². The van der Waals surface area contributed by atoms with E-state index >= 15 is 0 Å². The minimum absolute atomic E-state index is 0.00888. The van der Waals surface area contributed by atoms with E-state index in [-0.39, 0.29) is 12.1 Å². The Hall–Kier alpha value is -1.74. The fourth-order valence-electron chi connectivity index (χ4n) is 5.28. The maximum Gasteiger partial charge on any atom is 0.240 e. The highest BCUT2D eigenvalue weighted by Crippen LogP contribution is 2.36. The van der Waals surface area contributed by atoms with Crippen molar-refractivity contribution < 1.29 is 16.8 Å². The van der Waals surface area contributed by atoms with E-state index in [1.807, 2.05) is 12.1 Å². The Labute approximate surface area is 198 Å². The predicted molar refractivity (Wildman–Crippen MR) is 130 cm³/mol. The number of rotatable bonds is 8. The number of hydrogen-bond donors (Lipinski definition) is 2. The Morgan fingerprint density at radius 2 is 0.879 bits per heavy atom. The van der Waals surface area contributed by atoms with Crippen LogP contribution < -0.4 is 9.44 Å². The summed E-state index contributed by atoms with van der Waals surface area (Å²) in [4.78, 5) is 0.651. The van der Waals surface area contributed by atoms with E-state index in [0.717, 1.165) is 57.8 Å². The first-order valence-electron chi connectivity index (χ1n) is 12.0. The fourth-order valence-corrected chi connectivity index (χ4v) is 7.93. The van der Waals surface area contributed by atoms with Crippen molar-refractivity contribution in [2.75, 3.05) is 0 Å². The van der Waals surface area contributed by atoms with E-state index in [1.165, 1.54) is 0 Å². The molecule has 0 amide bonds. The zero-order valence-corrected chi connectivity index (χ0v) is 20.5. The van der Waals surface area contributed by atoms with Crippen molar-refractivity contribution in [3.8, 4) is 0 Å². The molecule has 2 aromatic carbocycles. The molecule has 2 saturated carbocycles. The van der Waals surface area contributed by atoms with E-state index in [4.69, 9.17) is 0 Å². The van der Waals surface area contributed by atoms with Gasteiger partial charge in [0.25, 0.3) is 0 Å². The molecule has 2 fully saturated rings. The Kier molecular flexibility index (Phi) is 7.89. The first-order valence-corrected chi connectivity index (χ1v) is 14.9. The van der Waals surface area contributed by atoms with Crippen LogP contribution >= 0.6 is 0 Å². The molecular weight excluding hydrogens is 456 g/mol. The van der Waals surface area contributed by atoms with Gasteiger partial charge in [-0.2, -0.15) is 0 Å². The molecule has 180 valence electrons. The summed E-state index contributed by atoms with van der Waals surface area (Å²) < 4.78 is 56.0. The largest absolute Gasteiger partial charge is 0.240 e. The third-order valence-corrected chi connectivity index (χ3v) is 10.2. The van der Waals surface area contributed by atoms with Gasteiger partial charge in [0.05, 0.1) is 9.79 Å².